The Morgan fingerprint density at radius 1 is 1.44 bits per heavy atom. The highest BCUT2D eigenvalue weighted by atomic mass is 16.6. The van der Waals surface area contributed by atoms with Crippen molar-refractivity contribution in [2.24, 2.45) is 0 Å². The fourth-order valence-corrected chi connectivity index (χ4v) is 1.72. The Morgan fingerprint density at radius 2 is 2.19 bits per heavy atom. The first-order valence-electron chi connectivity index (χ1n) is 5.28. The van der Waals surface area contributed by atoms with Crippen LogP contribution in [0.2, 0.25) is 0 Å². The molecule has 1 N–H and O–H groups in total. The minimum Gasteiger partial charge on any atom is -0.314 e. The van der Waals surface area contributed by atoms with Gasteiger partial charge in [0.2, 0.25) is 0 Å². The third kappa shape index (κ3) is 2.74. The highest BCUT2D eigenvalue weighted by Gasteiger charge is 2.11. The van der Waals surface area contributed by atoms with Crippen molar-refractivity contribution in [1.82, 2.24) is 15.2 Å². The maximum Gasteiger partial charge on any atom is 0.287 e. The summed E-state index contributed by atoms with van der Waals surface area (Å²) in [4.78, 5) is 16.4. The van der Waals surface area contributed by atoms with Crippen molar-refractivity contribution in [3.8, 4) is 0 Å². The Balaban J connectivity index is 1.96. The van der Waals surface area contributed by atoms with Crippen LogP contribution < -0.4 is 5.32 Å². The van der Waals surface area contributed by atoms with Gasteiger partial charge in [0.15, 0.2) is 0 Å². The molecule has 0 atom stereocenters. The Kier molecular flexibility index (Phi) is 3.43. The molecular formula is C10H14N4O2. The predicted octanol–water partition coefficient (Wildman–Crippen LogP) is 0.395. The molecule has 2 rings (SSSR count). The summed E-state index contributed by atoms with van der Waals surface area (Å²) < 4.78 is 0. The zero-order valence-corrected chi connectivity index (χ0v) is 8.93. The van der Waals surface area contributed by atoms with Crippen LogP contribution in [0.3, 0.4) is 0 Å². The fourth-order valence-electron chi connectivity index (χ4n) is 1.72. The van der Waals surface area contributed by atoms with E-state index in [2.05, 4.69) is 15.2 Å². The fraction of sp³-hybridized carbons (Fsp3) is 0.500. The molecule has 0 amide bonds. The lowest BCUT2D eigenvalue weighted by Crippen LogP contribution is -2.43. The van der Waals surface area contributed by atoms with E-state index in [0.717, 1.165) is 38.4 Å². The van der Waals surface area contributed by atoms with E-state index in [1.165, 1.54) is 12.3 Å². The van der Waals surface area contributed by atoms with Crippen LogP contribution in [0, 0.1) is 10.1 Å². The first-order chi connectivity index (χ1) is 7.75. The van der Waals surface area contributed by atoms with E-state index in [-0.39, 0.29) is 5.69 Å². The van der Waals surface area contributed by atoms with Crippen molar-refractivity contribution in [1.29, 1.82) is 0 Å². The quantitative estimate of drug-likeness (QED) is 0.592. The molecule has 2 heterocycles. The van der Waals surface area contributed by atoms with Gasteiger partial charge in [0.05, 0.1) is 10.6 Å². The molecule has 86 valence electrons. The minimum absolute atomic E-state index is 0.0454. The van der Waals surface area contributed by atoms with Crippen LogP contribution in [0.15, 0.2) is 18.3 Å². The molecule has 16 heavy (non-hydrogen) atoms. The molecule has 0 saturated carbocycles. The second-order valence-electron chi connectivity index (χ2n) is 3.79. The van der Waals surface area contributed by atoms with Crippen LogP contribution in [0.25, 0.3) is 0 Å². The first-order valence-corrected chi connectivity index (χ1v) is 5.28. The zero-order chi connectivity index (χ0) is 11.4. The molecule has 1 aliphatic heterocycles. The van der Waals surface area contributed by atoms with Crippen LogP contribution >= 0.6 is 0 Å². The number of piperazine rings is 1. The van der Waals surface area contributed by atoms with Gasteiger partial charge in [-0.15, -0.1) is 0 Å². The van der Waals surface area contributed by atoms with Crippen LogP contribution in [0.1, 0.15) is 5.69 Å². The predicted molar refractivity (Wildman–Crippen MR) is 59.0 cm³/mol. The van der Waals surface area contributed by atoms with E-state index >= 15 is 0 Å². The van der Waals surface area contributed by atoms with Crippen molar-refractivity contribution in [2.75, 3.05) is 26.2 Å². The average molecular weight is 222 g/mol. The standard InChI is InChI=1S/C10H14N4O2/c15-14(16)10-2-1-9(12-7-10)8-13-5-3-11-4-6-13/h1-2,7,11H,3-6,8H2. The molecule has 1 saturated heterocycles. The van der Waals surface area contributed by atoms with Gasteiger partial charge < -0.3 is 5.32 Å². The van der Waals surface area contributed by atoms with Crippen molar-refractivity contribution in [3.63, 3.8) is 0 Å². The largest absolute Gasteiger partial charge is 0.314 e. The van der Waals surface area contributed by atoms with Gasteiger partial charge in [0.1, 0.15) is 6.20 Å². The van der Waals surface area contributed by atoms with E-state index in [0.29, 0.717) is 0 Å². The number of nitro groups is 1. The van der Waals surface area contributed by atoms with Gasteiger partial charge >= 0.3 is 0 Å². The number of nitrogens with one attached hydrogen (secondary N) is 1. The van der Waals surface area contributed by atoms with Crippen molar-refractivity contribution in [2.45, 2.75) is 6.54 Å². The molecular weight excluding hydrogens is 208 g/mol. The van der Waals surface area contributed by atoms with Gasteiger partial charge in [0.25, 0.3) is 5.69 Å². The minimum atomic E-state index is -0.429. The summed E-state index contributed by atoms with van der Waals surface area (Å²) in [6.07, 6.45) is 1.32. The van der Waals surface area contributed by atoms with Crippen molar-refractivity contribution >= 4 is 5.69 Å². The van der Waals surface area contributed by atoms with E-state index in [9.17, 15) is 10.1 Å². The summed E-state index contributed by atoms with van der Waals surface area (Å²) in [5.74, 6) is 0. The Hall–Kier alpha value is -1.53. The smallest absolute Gasteiger partial charge is 0.287 e. The number of pyridine rings is 1. The average Bonchev–Trinajstić information content (AvgIpc) is 2.31. The molecule has 0 bridgehead atoms. The van der Waals surface area contributed by atoms with E-state index in [1.807, 2.05) is 0 Å². The lowest BCUT2D eigenvalue weighted by molar-refractivity contribution is -0.385. The van der Waals surface area contributed by atoms with Gasteiger partial charge in [-0.3, -0.25) is 20.0 Å². The summed E-state index contributed by atoms with van der Waals surface area (Å²) in [7, 11) is 0. The van der Waals surface area contributed by atoms with Gasteiger partial charge in [-0.2, -0.15) is 0 Å². The summed E-state index contributed by atoms with van der Waals surface area (Å²) in [6.45, 7) is 4.75. The van der Waals surface area contributed by atoms with Gasteiger partial charge in [-0.25, -0.2) is 0 Å². The molecule has 1 aromatic rings. The van der Waals surface area contributed by atoms with Gasteiger partial charge in [-0.05, 0) is 6.07 Å². The Morgan fingerprint density at radius 3 is 2.75 bits per heavy atom. The number of aromatic nitrogens is 1. The summed E-state index contributed by atoms with van der Waals surface area (Å²) in [5, 5.41) is 13.7. The van der Waals surface area contributed by atoms with E-state index in [1.54, 1.807) is 6.07 Å². The lowest BCUT2D eigenvalue weighted by Gasteiger charge is -2.26. The molecule has 1 aromatic heterocycles. The van der Waals surface area contributed by atoms with Crippen LogP contribution in [0.5, 0.6) is 0 Å². The number of rotatable bonds is 3. The maximum atomic E-state index is 10.4. The Labute approximate surface area is 93.4 Å². The molecule has 0 aromatic carbocycles. The number of hydrogen-bond donors (Lipinski definition) is 1. The SMILES string of the molecule is O=[N+]([O-])c1ccc(CN2CCNCC2)nc1. The second kappa shape index (κ2) is 5.00. The number of nitrogens with zero attached hydrogens (tertiary/aromatic N) is 3. The van der Waals surface area contributed by atoms with Crippen LogP contribution in [-0.4, -0.2) is 41.0 Å². The van der Waals surface area contributed by atoms with Gasteiger partial charge in [0, 0.05) is 38.8 Å². The molecule has 6 heteroatoms. The molecule has 6 nitrogen and oxygen atoms in total. The van der Waals surface area contributed by atoms with E-state index in [4.69, 9.17) is 0 Å². The highest BCUT2D eigenvalue weighted by molar-refractivity contribution is 5.26. The monoisotopic (exact) mass is 222 g/mol. The lowest BCUT2D eigenvalue weighted by atomic mass is 10.3. The summed E-state index contributed by atoms with van der Waals surface area (Å²) in [6, 6.07) is 3.23. The third-order valence-corrected chi connectivity index (χ3v) is 2.62. The molecule has 0 unspecified atom stereocenters. The van der Waals surface area contributed by atoms with E-state index < -0.39 is 4.92 Å². The highest BCUT2D eigenvalue weighted by Crippen LogP contribution is 2.10. The molecule has 1 fully saturated rings. The van der Waals surface area contributed by atoms with Gasteiger partial charge in [-0.1, -0.05) is 0 Å². The second-order valence-corrected chi connectivity index (χ2v) is 3.79. The van der Waals surface area contributed by atoms with Crippen LogP contribution in [-0.2, 0) is 6.54 Å². The van der Waals surface area contributed by atoms with Crippen molar-refractivity contribution < 1.29 is 4.92 Å². The third-order valence-electron chi connectivity index (χ3n) is 2.62. The van der Waals surface area contributed by atoms with Crippen LogP contribution in [0.4, 0.5) is 5.69 Å². The summed E-state index contributed by atoms with van der Waals surface area (Å²) >= 11 is 0. The topological polar surface area (TPSA) is 71.3 Å². The first kappa shape index (κ1) is 11.0. The molecule has 1 aliphatic rings. The summed E-state index contributed by atoms with van der Waals surface area (Å²) in [5.41, 5.74) is 0.927. The Bertz CT molecular complexity index is 360. The maximum absolute atomic E-state index is 10.4. The normalized spacial score (nSPS) is 17.2. The van der Waals surface area contributed by atoms with Crippen molar-refractivity contribution in [3.05, 3.63) is 34.1 Å². The molecule has 0 radical (unpaired) electrons. The molecule has 0 spiro atoms. The number of hydrogen-bond acceptors (Lipinski definition) is 5. The zero-order valence-electron chi connectivity index (χ0n) is 8.93. The molecule has 0 aliphatic carbocycles.